The molecule has 2 fully saturated rings. The van der Waals surface area contributed by atoms with Crippen LogP contribution in [0.3, 0.4) is 0 Å². The van der Waals surface area contributed by atoms with E-state index in [2.05, 4.69) is 41.4 Å². The molecular formula is C17H27ClN2. The van der Waals surface area contributed by atoms with Crippen LogP contribution in [0.1, 0.15) is 37.3 Å². The summed E-state index contributed by atoms with van der Waals surface area (Å²) < 4.78 is 0. The minimum Gasteiger partial charge on any atom is -0.317 e. The summed E-state index contributed by atoms with van der Waals surface area (Å²) in [5.41, 5.74) is 3.55. The highest BCUT2D eigenvalue weighted by molar-refractivity contribution is 5.85. The maximum absolute atomic E-state index is 3.49. The van der Waals surface area contributed by atoms with Gasteiger partial charge in [0.2, 0.25) is 0 Å². The van der Waals surface area contributed by atoms with E-state index in [4.69, 9.17) is 0 Å². The van der Waals surface area contributed by atoms with Crippen molar-refractivity contribution in [3.63, 3.8) is 0 Å². The summed E-state index contributed by atoms with van der Waals surface area (Å²) in [6.45, 7) is 8.40. The third-order valence-electron chi connectivity index (χ3n) is 5.02. The van der Waals surface area contributed by atoms with E-state index in [1.165, 1.54) is 56.6 Å². The molecule has 0 saturated carbocycles. The molecule has 0 aromatic heterocycles. The van der Waals surface area contributed by atoms with Crippen LogP contribution in [0.4, 0.5) is 0 Å². The van der Waals surface area contributed by atoms with Crippen LogP contribution in [0.25, 0.3) is 0 Å². The highest BCUT2D eigenvalue weighted by atomic mass is 35.5. The van der Waals surface area contributed by atoms with Gasteiger partial charge >= 0.3 is 0 Å². The van der Waals surface area contributed by atoms with E-state index in [1.54, 1.807) is 0 Å². The Balaban J connectivity index is 0.00000147. The van der Waals surface area contributed by atoms with Crippen molar-refractivity contribution < 1.29 is 0 Å². The molecule has 2 aliphatic rings. The SMILES string of the molecule is CCc1ccc(CN2CCC3(CCNCC3)C2)cc1.Cl. The Morgan fingerprint density at radius 3 is 2.35 bits per heavy atom. The number of hydrogen-bond acceptors (Lipinski definition) is 2. The lowest BCUT2D eigenvalue weighted by Gasteiger charge is -2.33. The van der Waals surface area contributed by atoms with Gasteiger partial charge in [-0.15, -0.1) is 12.4 Å². The first-order valence-corrected chi connectivity index (χ1v) is 7.81. The summed E-state index contributed by atoms with van der Waals surface area (Å²) in [7, 11) is 0. The molecule has 1 spiro atoms. The van der Waals surface area contributed by atoms with Crippen LogP contribution < -0.4 is 5.32 Å². The predicted molar refractivity (Wildman–Crippen MR) is 87.5 cm³/mol. The van der Waals surface area contributed by atoms with Crippen molar-refractivity contribution in [1.29, 1.82) is 0 Å². The van der Waals surface area contributed by atoms with Gasteiger partial charge in [-0.25, -0.2) is 0 Å². The molecule has 0 bridgehead atoms. The number of rotatable bonds is 3. The number of likely N-dealkylation sites (tertiary alicyclic amines) is 1. The standard InChI is InChI=1S/C17H26N2.ClH/c1-2-15-3-5-16(6-4-15)13-19-12-9-17(14-19)7-10-18-11-8-17;/h3-6,18H,2,7-14H2,1H3;1H. The highest BCUT2D eigenvalue weighted by Gasteiger charge is 2.38. The van der Waals surface area contributed by atoms with Gasteiger partial charge in [0.25, 0.3) is 0 Å². The topological polar surface area (TPSA) is 15.3 Å². The van der Waals surface area contributed by atoms with Crippen LogP contribution in [0.15, 0.2) is 24.3 Å². The Bertz CT molecular complexity index is 410. The summed E-state index contributed by atoms with van der Waals surface area (Å²) in [5.74, 6) is 0. The molecule has 20 heavy (non-hydrogen) atoms. The van der Waals surface area contributed by atoms with Gasteiger partial charge < -0.3 is 5.32 Å². The van der Waals surface area contributed by atoms with E-state index in [0.29, 0.717) is 5.41 Å². The lowest BCUT2D eigenvalue weighted by Crippen LogP contribution is -2.38. The average Bonchev–Trinajstić information content (AvgIpc) is 2.83. The Labute approximate surface area is 129 Å². The van der Waals surface area contributed by atoms with Crippen LogP contribution in [-0.4, -0.2) is 31.1 Å². The van der Waals surface area contributed by atoms with Crippen molar-refractivity contribution in [2.24, 2.45) is 5.41 Å². The van der Waals surface area contributed by atoms with Gasteiger partial charge in [0.15, 0.2) is 0 Å². The minimum atomic E-state index is 0. The van der Waals surface area contributed by atoms with Crippen molar-refractivity contribution in [3.05, 3.63) is 35.4 Å². The average molecular weight is 295 g/mol. The van der Waals surface area contributed by atoms with E-state index in [-0.39, 0.29) is 12.4 Å². The number of nitrogens with one attached hydrogen (secondary N) is 1. The lowest BCUT2D eigenvalue weighted by molar-refractivity contribution is 0.194. The highest BCUT2D eigenvalue weighted by Crippen LogP contribution is 2.38. The molecule has 2 heterocycles. The van der Waals surface area contributed by atoms with Crippen molar-refractivity contribution in [2.45, 2.75) is 39.2 Å². The van der Waals surface area contributed by atoms with Gasteiger partial charge in [0.1, 0.15) is 0 Å². The number of nitrogens with zero attached hydrogens (tertiary/aromatic N) is 1. The van der Waals surface area contributed by atoms with Gasteiger partial charge in [-0.2, -0.15) is 0 Å². The Hall–Kier alpha value is -0.570. The molecule has 0 atom stereocenters. The van der Waals surface area contributed by atoms with Crippen LogP contribution in [-0.2, 0) is 13.0 Å². The molecule has 2 saturated heterocycles. The van der Waals surface area contributed by atoms with Crippen LogP contribution in [0.5, 0.6) is 0 Å². The Kier molecular flexibility index (Phi) is 5.48. The number of aryl methyl sites for hydroxylation is 1. The Morgan fingerprint density at radius 1 is 1.05 bits per heavy atom. The van der Waals surface area contributed by atoms with E-state index in [1.807, 2.05) is 0 Å². The summed E-state index contributed by atoms with van der Waals surface area (Å²) in [5, 5.41) is 3.49. The summed E-state index contributed by atoms with van der Waals surface area (Å²) in [6, 6.07) is 9.19. The number of piperidine rings is 1. The molecule has 0 radical (unpaired) electrons. The molecule has 0 aliphatic carbocycles. The first-order chi connectivity index (χ1) is 9.30. The summed E-state index contributed by atoms with van der Waals surface area (Å²) in [6.07, 6.45) is 5.29. The fourth-order valence-corrected chi connectivity index (χ4v) is 3.67. The van der Waals surface area contributed by atoms with Crippen LogP contribution in [0.2, 0.25) is 0 Å². The molecule has 1 aromatic rings. The van der Waals surface area contributed by atoms with Crippen molar-refractivity contribution in [3.8, 4) is 0 Å². The Morgan fingerprint density at radius 2 is 1.70 bits per heavy atom. The number of hydrogen-bond donors (Lipinski definition) is 1. The lowest BCUT2D eigenvalue weighted by atomic mass is 9.78. The minimum absolute atomic E-state index is 0. The molecule has 0 amide bonds. The fraction of sp³-hybridized carbons (Fsp3) is 0.647. The second kappa shape index (κ2) is 6.93. The molecule has 3 rings (SSSR count). The second-order valence-corrected chi connectivity index (χ2v) is 6.38. The van der Waals surface area contributed by atoms with Crippen LogP contribution in [0, 0.1) is 5.41 Å². The van der Waals surface area contributed by atoms with E-state index < -0.39 is 0 Å². The van der Waals surface area contributed by atoms with E-state index in [9.17, 15) is 0 Å². The molecule has 3 heteroatoms. The third kappa shape index (κ3) is 3.55. The normalized spacial score (nSPS) is 21.9. The zero-order chi connectivity index (χ0) is 13.1. The zero-order valence-corrected chi connectivity index (χ0v) is 13.3. The molecule has 2 aliphatic heterocycles. The molecule has 112 valence electrons. The molecular weight excluding hydrogens is 268 g/mol. The van der Waals surface area contributed by atoms with E-state index >= 15 is 0 Å². The summed E-state index contributed by atoms with van der Waals surface area (Å²) >= 11 is 0. The first kappa shape index (κ1) is 15.8. The largest absolute Gasteiger partial charge is 0.317 e. The summed E-state index contributed by atoms with van der Waals surface area (Å²) in [4.78, 5) is 2.66. The quantitative estimate of drug-likeness (QED) is 0.921. The van der Waals surface area contributed by atoms with E-state index in [0.717, 1.165) is 13.0 Å². The molecule has 0 unspecified atom stereocenters. The maximum Gasteiger partial charge on any atom is 0.0233 e. The maximum atomic E-state index is 3.49. The number of benzene rings is 1. The van der Waals surface area contributed by atoms with Crippen molar-refractivity contribution >= 4 is 12.4 Å². The zero-order valence-electron chi connectivity index (χ0n) is 12.5. The third-order valence-corrected chi connectivity index (χ3v) is 5.02. The number of halogens is 1. The van der Waals surface area contributed by atoms with Gasteiger partial charge in [-0.3, -0.25) is 4.90 Å². The van der Waals surface area contributed by atoms with Gasteiger partial charge in [0, 0.05) is 13.1 Å². The van der Waals surface area contributed by atoms with Crippen molar-refractivity contribution in [2.75, 3.05) is 26.2 Å². The molecule has 1 aromatic carbocycles. The van der Waals surface area contributed by atoms with Gasteiger partial charge in [0.05, 0.1) is 0 Å². The smallest absolute Gasteiger partial charge is 0.0233 e. The second-order valence-electron chi connectivity index (χ2n) is 6.38. The van der Waals surface area contributed by atoms with Gasteiger partial charge in [-0.1, -0.05) is 31.2 Å². The fourth-order valence-electron chi connectivity index (χ4n) is 3.67. The van der Waals surface area contributed by atoms with Crippen molar-refractivity contribution in [1.82, 2.24) is 10.2 Å². The molecule has 2 nitrogen and oxygen atoms in total. The monoisotopic (exact) mass is 294 g/mol. The first-order valence-electron chi connectivity index (χ1n) is 7.81. The van der Waals surface area contributed by atoms with Gasteiger partial charge in [-0.05, 0) is 61.9 Å². The predicted octanol–water partition coefficient (Wildman–Crippen LogP) is 3.25. The van der Waals surface area contributed by atoms with Crippen LogP contribution >= 0.6 is 12.4 Å². The molecule has 1 N–H and O–H groups in total.